The van der Waals surface area contributed by atoms with E-state index in [1.807, 2.05) is 36.5 Å². The van der Waals surface area contributed by atoms with Gasteiger partial charge in [-0.3, -0.25) is 9.20 Å². The van der Waals surface area contributed by atoms with E-state index in [1.54, 1.807) is 13.1 Å². The first-order chi connectivity index (χ1) is 13.7. The van der Waals surface area contributed by atoms with Crippen LogP contribution < -0.4 is 10.6 Å². The summed E-state index contributed by atoms with van der Waals surface area (Å²) in [5, 5.41) is 7.49. The Morgan fingerprint density at radius 3 is 2.71 bits per heavy atom. The number of aromatic amines is 1. The second-order valence-corrected chi connectivity index (χ2v) is 8.03. The lowest BCUT2D eigenvalue weighted by molar-refractivity contribution is 0.629. The van der Waals surface area contributed by atoms with Gasteiger partial charge < -0.3 is 15.6 Å². The number of guanidine groups is 1. The molecular weight excluding hydrogens is 375 g/mol. The average molecular weight is 401 g/mol. The maximum absolute atomic E-state index is 13.3. The van der Waals surface area contributed by atoms with Gasteiger partial charge in [0.25, 0.3) is 0 Å². The van der Waals surface area contributed by atoms with Crippen molar-refractivity contribution in [2.24, 2.45) is 4.99 Å². The minimum atomic E-state index is -0.917. The molecule has 0 aliphatic carbocycles. The average Bonchev–Trinajstić information content (AvgIpc) is 3.09. The molecule has 148 valence electrons. The van der Waals surface area contributed by atoms with Gasteiger partial charge in [-0.2, -0.15) is 0 Å². The van der Waals surface area contributed by atoms with Crippen LogP contribution in [0, 0.1) is 5.82 Å². The minimum absolute atomic E-state index is 0.242. The van der Waals surface area contributed by atoms with Crippen LogP contribution in [0.1, 0.15) is 11.1 Å². The number of benzene rings is 2. The van der Waals surface area contributed by atoms with Crippen LogP contribution in [-0.4, -0.2) is 41.0 Å². The molecule has 5 nitrogen and oxygen atoms in total. The summed E-state index contributed by atoms with van der Waals surface area (Å²) in [5.41, 5.74) is 3.02. The number of hydrogen-bond donors (Lipinski definition) is 3. The zero-order valence-corrected chi connectivity index (χ0v) is 16.7. The van der Waals surface area contributed by atoms with Gasteiger partial charge in [-0.25, -0.2) is 4.39 Å². The molecule has 3 N–H and O–H groups in total. The smallest absolute Gasteiger partial charge is 0.191 e. The molecule has 0 radical (unpaired) electrons. The molecule has 1 heterocycles. The van der Waals surface area contributed by atoms with Crippen LogP contribution in [0.4, 0.5) is 4.39 Å². The number of hydrogen-bond acceptors (Lipinski definition) is 2. The number of aromatic nitrogens is 1. The topological polar surface area (TPSA) is 69.3 Å². The van der Waals surface area contributed by atoms with E-state index in [9.17, 15) is 8.60 Å². The fourth-order valence-electron chi connectivity index (χ4n) is 3.02. The Bertz CT molecular complexity index is 955. The fraction of sp³-hybridized carbons (Fsp3) is 0.286. The molecular formula is C21H25FN4OS. The maximum atomic E-state index is 13.3. The summed E-state index contributed by atoms with van der Waals surface area (Å²) in [4.78, 5) is 7.30. The Morgan fingerprint density at radius 2 is 1.93 bits per heavy atom. The number of aliphatic imine (C=N–C) groups is 1. The molecule has 0 fully saturated rings. The molecule has 28 heavy (non-hydrogen) atoms. The first-order valence-electron chi connectivity index (χ1n) is 9.24. The van der Waals surface area contributed by atoms with Crippen LogP contribution in [-0.2, 0) is 23.0 Å². The highest BCUT2D eigenvalue weighted by Crippen LogP contribution is 2.19. The van der Waals surface area contributed by atoms with Crippen LogP contribution >= 0.6 is 0 Å². The van der Waals surface area contributed by atoms with Gasteiger partial charge in [0.15, 0.2) is 5.96 Å². The van der Waals surface area contributed by atoms with Crippen molar-refractivity contribution < 1.29 is 8.60 Å². The predicted molar refractivity (Wildman–Crippen MR) is 114 cm³/mol. The summed E-state index contributed by atoms with van der Waals surface area (Å²) in [6, 6.07) is 14.6. The quantitative estimate of drug-likeness (QED) is 0.402. The van der Waals surface area contributed by atoms with E-state index in [4.69, 9.17) is 0 Å². The van der Waals surface area contributed by atoms with E-state index in [0.717, 1.165) is 28.5 Å². The van der Waals surface area contributed by atoms with E-state index in [2.05, 4.69) is 20.6 Å². The van der Waals surface area contributed by atoms with E-state index in [-0.39, 0.29) is 5.82 Å². The molecule has 2 aromatic carbocycles. The number of rotatable bonds is 8. The van der Waals surface area contributed by atoms with Gasteiger partial charge >= 0.3 is 0 Å². The van der Waals surface area contributed by atoms with Crippen molar-refractivity contribution in [3.8, 4) is 0 Å². The second-order valence-electron chi connectivity index (χ2n) is 6.45. The molecule has 0 amide bonds. The third-order valence-corrected chi connectivity index (χ3v) is 5.75. The third-order valence-electron chi connectivity index (χ3n) is 4.43. The van der Waals surface area contributed by atoms with Gasteiger partial charge in [-0.05, 0) is 35.7 Å². The number of fused-ring (bicyclic) bond motifs is 1. The number of nitrogens with zero attached hydrogens (tertiary/aromatic N) is 1. The molecule has 0 aliphatic heterocycles. The molecule has 0 saturated carbocycles. The Kier molecular flexibility index (Phi) is 7.19. The van der Waals surface area contributed by atoms with E-state index in [0.29, 0.717) is 30.6 Å². The summed E-state index contributed by atoms with van der Waals surface area (Å²) in [6.07, 6.45) is 2.70. The van der Waals surface area contributed by atoms with Crippen LogP contribution in [0.3, 0.4) is 0 Å². The highest BCUT2D eigenvalue weighted by molar-refractivity contribution is 7.84. The molecule has 7 heteroatoms. The normalized spacial score (nSPS) is 12.9. The molecule has 1 atom stereocenters. The Balaban J connectivity index is 1.40. The minimum Gasteiger partial charge on any atom is -0.361 e. The third kappa shape index (κ3) is 5.66. The lowest BCUT2D eigenvalue weighted by Crippen LogP contribution is -2.40. The van der Waals surface area contributed by atoms with Gasteiger partial charge in [0.1, 0.15) is 5.82 Å². The van der Waals surface area contributed by atoms with E-state index in [1.165, 1.54) is 12.1 Å². The number of nitrogens with one attached hydrogen (secondary N) is 3. The lowest BCUT2D eigenvalue weighted by Gasteiger charge is -2.11. The van der Waals surface area contributed by atoms with Gasteiger partial charge in [0.05, 0.1) is 0 Å². The Hall–Kier alpha value is -2.67. The van der Waals surface area contributed by atoms with Crippen LogP contribution in [0.5, 0.6) is 0 Å². The molecule has 0 bridgehead atoms. The van der Waals surface area contributed by atoms with Crippen molar-refractivity contribution in [2.75, 3.05) is 25.9 Å². The molecule has 0 aliphatic rings. The summed E-state index contributed by atoms with van der Waals surface area (Å²) >= 11 is 0. The van der Waals surface area contributed by atoms with Crippen molar-refractivity contribution in [1.29, 1.82) is 0 Å². The summed E-state index contributed by atoms with van der Waals surface area (Å²) in [5.74, 6) is 1.56. The molecule has 1 unspecified atom stereocenters. The summed E-state index contributed by atoms with van der Waals surface area (Å²) in [7, 11) is 0.796. The van der Waals surface area contributed by atoms with E-state index < -0.39 is 10.8 Å². The molecule has 3 aromatic rings. The summed E-state index contributed by atoms with van der Waals surface area (Å²) in [6.45, 7) is 1.28. The van der Waals surface area contributed by atoms with Gasteiger partial charge in [-0.15, -0.1) is 0 Å². The molecule has 0 spiro atoms. The SMILES string of the molecule is CN=C(NCCc1c[nH]c2cc(F)ccc12)NCCS(=O)Cc1ccccc1. The second kappa shape index (κ2) is 10.0. The standard InChI is InChI=1S/C21H25FN4OS/c1-23-21(25-11-12-28(27)15-16-5-3-2-4-6-16)24-10-9-17-14-26-20-13-18(22)7-8-19(17)20/h2-8,13-14,26H,9-12,15H2,1H3,(H2,23,24,25). The number of halogens is 1. The van der Waals surface area contributed by atoms with Crippen LogP contribution in [0.2, 0.25) is 0 Å². The van der Waals surface area contributed by atoms with Gasteiger partial charge in [-0.1, -0.05) is 30.3 Å². The molecule has 1 aromatic heterocycles. The van der Waals surface area contributed by atoms with Crippen molar-refractivity contribution in [1.82, 2.24) is 15.6 Å². The Morgan fingerprint density at radius 1 is 1.14 bits per heavy atom. The largest absolute Gasteiger partial charge is 0.361 e. The fourth-order valence-corrected chi connectivity index (χ4v) is 4.06. The lowest BCUT2D eigenvalue weighted by atomic mass is 10.1. The van der Waals surface area contributed by atoms with Crippen molar-refractivity contribution in [3.63, 3.8) is 0 Å². The first kappa shape index (κ1) is 20.1. The van der Waals surface area contributed by atoms with Crippen molar-refractivity contribution in [3.05, 3.63) is 71.7 Å². The molecule has 3 rings (SSSR count). The van der Waals surface area contributed by atoms with Gasteiger partial charge in [0, 0.05) is 59.5 Å². The predicted octanol–water partition coefficient (Wildman–Crippen LogP) is 2.96. The van der Waals surface area contributed by atoms with Crippen molar-refractivity contribution in [2.45, 2.75) is 12.2 Å². The van der Waals surface area contributed by atoms with Crippen LogP contribution in [0.15, 0.2) is 59.7 Å². The zero-order valence-electron chi connectivity index (χ0n) is 15.9. The highest BCUT2D eigenvalue weighted by atomic mass is 32.2. The molecule has 0 saturated heterocycles. The highest BCUT2D eigenvalue weighted by Gasteiger charge is 2.06. The zero-order chi connectivity index (χ0) is 19.8. The monoisotopic (exact) mass is 400 g/mol. The Labute approximate surface area is 166 Å². The van der Waals surface area contributed by atoms with Crippen LogP contribution in [0.25, 0.3) is 10.9 Å². The number of H-pyrrole nitrogens is 1. The van der Waals surface area contributed by atoms with Gasteiger partial charge in [0.2, 0.25) is 0 Å². The summed E-state index contributed by atoms with van der Waals surface area (Å²) < 4.78 is 25.4. The van der Waals surface area contributed by atoms with Crippen molar-refractivity contribution >= 4 is 27.7 Å². The first-order valence-corrected chi connectivity index (χ1v) is 10.7. The van der Waals surface area contributed by atoms with E-state index >= 15 is 0 Å². The maximum Gasteiger partial charge on any atom is 0.191 e.